The van der Waals surface area contributed by atoms with E-state index in [4.69, 9.17) is 18.9 Å². The lowest BCUT2D eigenvalue weighted by Crippen LogP contribution is -2.25. The largest absolute Gasteiger partial charge is 0.491 e. The van der Waals surface area contributed by atoms with E-state index < -0.39 is 11.9 Å². The molecule has 1 aromatic carbocycles. The molecule has 0 saturated carbocycles. The van der Waals surface area contributed by atoms with Crippen molar-refractivity contribution < 1.29 is 28.5 Å². The Labute approximate surface area is 153 Å². The number of rotatable bonds is 13. The van der Waals surface area contributed by atoms with E-state index in [2.05, 4.69) is 10.2 Å². The Morgan fingerprint density at radius 1 is 1.08 bits per heavy atom. The highest BCUT2D eigenvalue weighted by molar-refractivity contribution is 5.99. The maximum atomic E-state index is 11.8. The molecule has 144 valence electrons. The van der Waals surface area contributed by atoms with Crippen LogP contribution in [-0.2, 0) is 23.8 Å². The third-order valence-electron chi connectivity index (χ3n) is 3.30. The first-order chi connectivity index (χ1) is 12.6. The number of azo groups is 1. The van der Waals surface area contributed by atoms with Crippen LogP contribution in [0.15, 0.2) is 34.5 Å². The Balaban J connectivity index is 2.34. The number of ether oxygens (including phenoxy) is 4. The van der Waals surface area contributed by atoms with Crippen molar-refractivity contribution in [3.8, 4) is 5.75 Å². The molecule has 0 saturated heterocycles. The first-order valence-corrected chi connectivity index (χ1v) is 8.44. The van der Waals surface area contributed by atoms with E-state index in [1.807, 2.05) is 0 Å². The Morgan fingerprint density at radius 2 is 1.77 bits per heavy atom. The van der Waals surface area contributed by atoms with Gasteiger partial charge in [0.1, 0.15) is 24.8 Å². The van der Waals surface area contributed by atoms with Gasteiger partial charge in [0.05, 0.1) is 32.1 Å². The van der Waals surface area contributed by atoms with Crippen LogP contribution in [0.2, 0.25) is 0 Å². The molecule has 0 N–H and O–H groups in total. The average Bonchev–Trinajstić information content (AvgIpc) is 2.65. The van der Waals surface area contributed by atoms with E-state index in [-0.39, 0.29) is 18.9 Å². The van der Waals surface area contributed by atoms with Crippen molar-refractivity contribution in [2.75, 3.05) is 46.7 Å². The second kappa shape index (κ2) is 13.0. The van der Waals surface area contributed by atoms with Crippen LogP contribution in [0.1, 0.15) is 13.8 Å². The summed E-state index contributed by atoms with van der Waals surface area (Å²) in [6.07, 6.45) is 0. The molecule has 1 rings (SSSR count). The Morgan fingerprint density at radius 3 is 2.42 bits per heavy atom. The first kappa shape index (κ1) is 21.7. The lowest BCUT2D eigenvalue weighted by atomic mass is 10.1. The van der Waals surface area contributed by atoms with E-state index in [0.717, 1.165) is 0 Å². The second-order valence-electron chi connectivity index (χ2n) is 5.29. The molecule has 0 aliphatic rings. The van der Waals surface area contributed by atoms with E-state index in [1.54, 1.807) is 38.3 Å². The number of hydrogen-bond acceptors (Lipinski definition) is 8. The van der Waals surface area contributed by atoms with Gasteiger partial charge in [-0.3, -0.25) is 9.59 Å². The van der Waals surface area contributed by atoms with Crippen LogP contribution < -0.4 is 4.74 Å². The third-order valence-corrected chi connectivity index (χ3v) is 3.30. The second-order valence-corrected chi connectivity index (χ2v) is 5.29. The summed E-state index contributed by atoms with van der Waals surface area (Å²) in [5.74, 6) is -1.02. The fourth-order valence-electron chi connectivity index (χ4n) is 1.79. The maximum absolute atomic E-state index is 11.8. The number of esters is 1. The van der Waals surface area contributed by atoms with Gasteiger partial charge in [0.25, 0.3) is 0 Å². The molecule has 1 unspecified atom stereocenters. The van der Waals surface area contributed by atoms with E-state index in [1.165, 1.54) is 6.92 Å². The van der Waals surface area contributed by atoms with Crippen LogP contribution in [0.25, 0.3) is 0 Å². The van der Waals surface area contributed by atoms with Gasteiger partial charge in [0.2, 0.25) is 0 Å². The van der Waals surface area contributed by atoms with Crippen molar-refractivity contribution in [1.29, 1.82) is 0 Å². The van der Waals surface area contributed by atoms with Gasteiger partial charge in [0, 0.05) is 7.11 Å². The number of methoxy groups -OCH3 is 1. The molecule has 1 aromatic rings. The molecule has 26 heavy (non-hydrogen) atoms. The number of carbonyl (C=O) groups is 2. The van der Waals surface area contributed by atoms with Crippen molar-refractivity contribution >= 4 is 17.4 Å². The minimum absolute atomic E-state index is 0.170. The third kappa shape index (κ3) is 8.68. The highest BCUT2D eigenvalue weighted by Crippen LogP contribution is 2.18. The summed E-state index contributed by atoms with van der Waals surface area (Å²) in [7, 11) is 1.62. The summed E-state index contributed by atoms with van der Waals surface area (Å²) in [5.41, 5.74) is 0.588. The van der Waals surface area contributed by atoms with Gasteiger partial charge in [-0.2, -0.15) is 10.2 Å². The topological polar surface area (TPSA) is 95.8 Å². The summed E-state index contributed by atoms with van der Waals surface area (Å²) in [6.45, 7) is 5.27. The standard InChI is InChI=1S/C18H26N2O6/c1-4-25-18(22)14(2)17(21)13-19-20-15-5-7-16(8-6-15)26-12-11-24-10-9-23-3/h5-8,14H,4,9-13H2,1-3H3. The molecule has 0 amide bonds. The highest BCUT2D eigenvalue weighted by atomic mass is 16.5. The molecule has 0 bridgehead atoms. The molecule has 0 radical (unpaired) electrons. The number of ketones is 1. The van der Waals surface area contributed by atoms with Crippen molar-refractivity contribution in [2.24, 2.45) is 16.1 Å². The predicted octanol–water partition coefficient (Wildman–Crippen LogP) is 2.58. The molecular weight excluding hydrogens is 340 g/mol. The monoisotopic (exact) mass is 366 g/mol. The van der Waals surface area contributed by atoms with Crippen molar-refractivity contribution in [3.05, 3.63) is 24.3 Å². The van der Waals surface area contributed by atoms with Crippen LogP contribution in [-0.4, -0.2) is 58.4 Å². The smallest absolute Gasteiger partial charge is 0.316 e. The van der Waals surface area contributed by atoms with E-state index in [0.29, 0.717) is 37.9 Å². The molecule has 0 aliphatic carbocycles. The molecule has 0 heterocycles. The lowest BCUT2D eigenvalue weighted by Gasteiger charge is -2.07. The fraction of sp³-hybridized carbons (Fsp3) is 0.556. The van der Waals surface area contributed by atoms with Crippen molar-refractivity contribution in [1.82, 2.24) is 0 Å². The van der Waals surface area contributed by atoms with Gasteiger partial charge < -0.3 is 18.9 Å². The summed E-state index contributed by atoms with van der Waals surface area (Å²) in [5, 5.41) is 7.80. The maximum Gasteiger partial charge on any atom is 0.316 e. The average molecular weight is 366 g/mol. The SMILES string of the molecule is CCOC(=O)C(C)C(=O)CN=Nc1ccc(OCCOCCOC)cc1. The fourth-order valence-corrected chi connectivity index (χ4v) is 1.79. The van der Waals surface area contributed by atoms with Gasteiger partial charge in [-0.25, -0.2) is 0 Å². The number of carbonyl (C=O) groups excluding carboxylic acids is 2. The van der Waals surface area contributed by atoms with Crippen molar-refractivity contribution in [2.45, 2.75) is 13.8 Å². The zero-order valence-corrected chi connectivity index (χ0v) is 15.5. The molecule has 8 heteroatoms. The van der Waals surface area contributed by atoms with Crippen molar-refractivity contribution in [3.63, 3.8) is 0 Å². The van der Waals surface area contributed by atoms with Crippen LogP contribution in [0.5, 0.6) is 5.75 Å². The van der Waals surface area contributed by atoms with E-state index in [9.17, 15) is 9.59 Å². The molecule has 0 fully saturated rings. The lowest BCUT2D eigenvalue weighted by molar-refractivity contribution is -0.150. The Kier molecular flexibility index (Phi) is 10.8. The summed E-state index contributed by atoms with van der Waals surface area (Å²) in [6, 6.07) is 6.97. The minimum Gasteiger partial charge on any atom is -0.491 e. The first-order valence-electron chi connectivity index (χ1n) is 8.44. The highest BCUT2D eigenvalue weighted by Gasteiger charge is 2.21. The van der Waals surface area contributed by atoms with Gasteiger partial charge in [-0.1, -0.05) is 0 Å². The molecule has 1 atom stereocenters. The number of Topliss-reactive ketones (excluding diaryl/α,β-unsaturated/α-hetero) is 1. The zero-order chi connectivity index (χ0) is 19.2. The summed E-state index contributed by atoms with van der Waals surface area (Å²) < 4.78 is 20.5. The normalized spacial score (nSPS) is 12.1. The molecule has 0 spiro atoms. The molecular formula is C18H26N2O6. The van der Waals surface area contributed by atoms with Crippen LogP contribution in [0, 0.1) is 5.92 Å². The predicted molar refractivity (Wildman–Crippen MR) is 94.8 cm³/mol. The number of hydrogen-bond donors (Lipinski definition) is 0. The summed E-state index contributed by atoms with van der Waals surface area (Å²) in [4.78, 5) is 23.3. The van der Waals surface area contributed by atoms with Gasteiger partial charge in [-0.15, -0.1) is 0 Å². The summed E-state index contributed by atoms with van der Waals surface area (Å²) >= 11 is 0. The number of nitrogens with zero attached hydrogens (tertiary/aromatic N) is 2. The van der Waals surface area contributed by atoms with Crippen LogP contribution in [0.3, 0.4) is 0 Å². The quantitative estimate of drug-likeness (QED) is 0.230. The van der Waals surface area contributed by atoms with Gasteiger partial charge >= 0.3 is 5.97 Å². The molecule has 0 aliphatic heterocycles. The minimum atomic E-state index is -0.837. The van der Waals surface area contributed by atoms with Crippen LogP contribution >= 0.6 is 0 Å². The van der Waals surface area contributed by atoms with Gasteiger partial charge in [0.15, 0.2) is 5.78 Å². The van der Waals surface area contributed by atoms with Crippen LogP contribution in [0.4, 0.5) is 5.69 Å². The molecule has 0 aromatic heterocycles. The number of benzene rings is 1. The zero-order valence-electron chi connectivity index (χ0n) is 15.5. The molecule has 8 nitrogen and oxygen atoms in total. The van der Waals surface area contributed by atoms with Gasteiger partial charge in [-0.05, 0) is 38.1 Å². The Bertz CT molecular complexity index is 574. The van der Waals surface area contributed by atoms with E-state index >= 15 is 0 Å². The Hall–Kier alpha value is -2.32.